The number of aromatic hydroxyl groups is 2. The zero-order valence-electron chi connectivity index (χ0n) is 9.94. The van der Waals surface area contributed by atoms with Crippen molar-refractivity contribution in [2.24, 2.45) is 0 Å². The van der Waals surface area contributed by atoms with Gasteiger partial charge in [-0.15, -0.1) is 12.3 Å². The van der Waals surface area contributed by atoms with E-state index in [1.807, 2.05) is 0 Å². The number of benzene rings is 1. The number of phenols is 2. The predicted octanol–water partition coefficient (Wildman–Crippen LogP) is 2.02. The molecule has 18 heavy (non-hydrogen) atoms. The fourth-order valence-corrected chi connectivity index (χ4v) is 1.33. The first kappa shape index (κ1) is 13.7. The van der Waals surface area contributed by atoms with Crippen molar-refractivity contribution in [3.63, 3.8) is 0 Å². The number of carbonyl (C=O) groups excluding carboxylic acids is 1. The van der Waals surface area contributed by atoms with Crippen LogP contribution in [0.2, 0.25) is 0 Å². The monoisotopic (exact) mass is 248 g/mol. The van der Waals surface area contributed by atoms with E-state index in [1.54, 1.807) is 0 Å². The van der Waals surface area contributed by atoms with Gasteiger partial charge in [0, 0.05) is 24.7 Å². The highest BCUT2D eigenvalue weighted by molar-refractivity contribution is 5.89. The number of rotatable bonds is 5. The highest BCUT2D eigenvalue weighted by Crippen LogP contribution is 2.27. The average Bonchev–Trinajstić information content (AvgIpc) is 2.34. The van der Waals surface area contributed by atoms with Crippen molar-refractivity contribution in [3.8, 4) is 23.8 Å². The van der Waals surface area contributed by atoms with Crippen LogP contribution in [0.5, 0.6) is 11.5 Å². The minimum atomic E-state index is -0.360. The zero-order valence-corrected chi connectivity index (χ0v) is 9.94. The molecule has 0 unspecified atom stereocenters. The van der Waals surface area contributed by atoms with E-state index in [0.29, 0.717) is 18.7 Å². The topological polar surface area (TPSA) is 81.6 Å². The molecule has 5 nitrogen and oxygen atoms in total. The molecule has 0 aliphatic carbocycles. The highest BCUT2D eigenvalue weighted by atomic mass is 16.3. The predicted molar refractivity (Wildman–Crippen MR) is 69.5 cm³/mol. The van der Waals surface area contributed by atoms with Gasteiger partial charge >= 0.3 is 6.03 Å². The first-order valence-corrected chi connectivity index (χ1v) is 5.64. The third-order valence-electron chi connectivity index (χ3n) is 2.27. The van der Waals surface area contributed by atoms with Crippen LogP contribution in [-0.2, 0) is 0 Å². The number of hydrogen-bond donors (Lipinski definition) is 4. The molecule has 0 aromatic heterocycles. The summed E-state index contributed by atoms with van der Waals surface area (Å²) in [5, 5.41) is 23.6. The number of carbonyl (C=O) groups is 1. The Balaban J connectivity index is 2.31. The van der Waals surface area contributed by atoms with Crippen LogP contribution in [0.1, 0.15) is 19.3 Å². The van der Waals surface area contributed by atoms with Gasteiger partial charge in [0.2, 0.25) is 0 Å². The minimum Gasteiger partial charge on any atom is -0.504 e. The van der Waals surface area contributed by atoms with Crippen LogP contribution < -0.4 is 10.6 Å². The molecular weight excluding hydrogens is 232 g/mol. The fourth-order valence-electron chi connectivity index (χ4n) is 1.33. The number of nitrogens with one attached hydrogen (secondary N) is 2. The molecule has 0 radical (unpaired) electrons. The van der Waals surface area contributed by atoms with Crippen LogP contribution in [0.25, 0.3) is 0 Å². The maximum Gasteiger partial charge on any atom is 0.319 e. The Hall–Kier alpha value is -2.35. The molecule has 0 saturated heterocycles. The Bertz CT molecular complexity index is 452. The summed E-state index contributed by atoms with van der Waals surface area (Å²) in [6, 6.07) is 3.71. The Morgan fingerprint density at radius 2 is 2.06 bits per heavy atom. The third-order valence-corrected chi connectivity index (χ3v) is 2.27. The summed E-state index contributed by atoms with van der Waals surface area (Å²) in [4.78, 5) is 11.4. The van der Waals surface area contributed by atoms with Crippen LogP contribution >= 0.6 is 0 Å². The molecule has 0 spiro atoms. The Morgan fingerprint density at radius 3 is 2.72 bits per heavy atom. The quantitative estimate of drug-likeness (QED) is 0.278. The molecule has 1 rings (SSSR count). The summed E-state index contributed by atoms with van der Waals surface area (Å²) in [5.41, 5.74) is 0.409. The second-order valence-corrected chi connectivity index (χ2v) is 3.75. The summed E-state index contributed by atoms with van der Waals surface area (Å²) >= 11 is 0. The molecule has 1 aromatic carbocycles. The Kier molecular flexibility index (Phi) is 5.39. The van der Waals surface area contributed by atoms with Crippen LogP contribution in [0, 0.1) is 12.3 Å². The van der Waals surface area contributed by atoms with E-state index in [2.05, 4.69) is 16.6 Å². The van der Waals surface area contributed by atoms with Crippen LogP contribution in [0.15, 0.2) is 18.2 Å². The largest absolute Gasteiger partial charge is 0.504 e. The lowest BCUT2D eigenvalue weighted by Gasteiger charge is -2.08. The third kappa shape index (κ3) is 4.66. The molecule has 0 heterocycles. The molecular formula is C13H16N2O3. The summed E-state index contributed by atoms with van der Waals surface area (Å²) in [7, 11) is 0. The van der Waals surface area contributed by atoms with Gasteiger partial charge in [0.05, 0.1) is 0 Å². The van der Waals surface area contributed by atoms with Crippen molar-refractivity contribution in [1.82, 2.24) is 5.32 Å². The molecule has 0 aliphatic heterocycles. The van der Waals surface area contributed by atoms with Crippen LogP contribution in [0.4, 0.5) is 10.5 Å². The lowest BCUT2D eigenvalue weighted by Crippen LogP contribution is -2.29. The molecule has 0 saturated carbocycles. The van der Waals surface area contributed by atoms with E-state index in [0.717, 1.165) is 12.8 Å². The molecule has 96 valence electrons. The molecule has 0 bridgehead atoms. The molecule has 2 amide bonds. The SMILES string of the molecule is C#CCCCCNC(=O)Nc1ccc(O)c(O)c1. The van der Waals surface area contributed by atoms with Crippen molar-refractivity contribution in [1.29, 1.82) is 0 Å². The number of amides is 2. The van der Waals surface area contributed by atoms with Crippen molar-refractivity contribution in [2.45, 2.75) is 19.3 Å². The molecule has 0 aliphatic rings. The van der Waals surface area contributed by atoms with Gasteiger partial charge in [-0.05, 0) is 25.0 Å². The summed E-state index contributed by atoms with van der Waals surface area (Å²) in [6.07, 6.45) is 7.50. The second kappa shape index (κ2) is 7.07. The standard InChI is InChI=1S/C13H16N2O3/c1-2-3-4-5-8-14-13(18)15-10-6-7-11(16)12(17)9-10/h1,6-7,9,16-17H,3-5,8H2,(H2,14,15,18). The number of phenolic OH excluding ortho intramolecular Hbond substituents is 2. The van der Waals surface area contributed by atoms with Crippen LogP contribution in [-0.4, -0.2) is 22.8 Å². The van der Waals surface area contributed by atoms with Gasteiger partial charge < -0.3 is 20.8 Å². The first-order valence-electron chi connectivity index (χ1n) is 5.64. The number of hydrogen-bond acceptors (Lipinski definition) is 3. The molecule has 0 atom stereocenters. The zero-order chi connectivity index (χ0) is 13.4. The lowest BCUT2D eigenvalue weighted by atomic mass is 10.2. The van der Waals surface area contributed by atoms with Gasteiger partial charge in [-0.1, -0.05) is 0 Å². The van der Waals surface area contributed by atoms with Crippen molar-refractivity contribution in [3.05, 3.63) is 18.2 Å². The van der Waals surface area contributed by atoms with Crippen LogP contribution in [0.3, 0.4) is 0 Å². The van der Waals surface area contributed by atoms with E-state index in [9.17, 15) is 9.90 Å². The molecule has 1 aromatic rings. The smallest absolute Gasteiger partial charge is 0.319 e. The van der Waals surface area contributed by atoms with Gasteiger partial charge in [0.15, 0.2) is 11.5 Å². The first-order chi connectivity index (χ1) is 8.63. The fraction of sp³-hybridized carbons (Fsp3) is 0.308. The van der Waals surface area contributed by atoms with E-state index in [-0.39, 0.29) is 17.5 Å². The van der Waals surface area contributed by atoms with E-state index < -0.39 is 0 Å². The van der Waals surface area contributed by atoms with Crippen molar-refractivity contribution < 1.29 is 15.0 Å². The van der Waals surface area contributed by atoms with Gasteiger partial charge in [-0.2, -0.15) is 0 Å². The number of unbranched alkanes of at least 4 members (excludes halogenated alkanes) is 2. The average molecular weight is 248 g/mol. The minimum absolute atomic E-state index is 0.227. The van der Waals surface area contributed by atoms with Gasteiger partial charge in [-0.3, -0.25) is 0 Å². The lowest BCUT2D eigenvalue weighted by molar-refractivity contribution is 0.252. The van der Waals surface area contributed by atoms with E-state index >= 15 is 0 Å². The Morgan fingerprint density at radius 1 is 1.28 bits per heavy atom. The molecule has 5 heteroatoms. The summed E-state index contributed by atoms with van der Waals surface area (Å²) < 4.78 is 0. The van der Waals surface area contributed by atoms with Crippen molar-refractivity contribution in [2.75, 3.05) is 11.9 Å². The molecule has 4 N–H and O–H groups in total. The molecule has 0 fully saturated rings. The number of urea groups is 1. The van der Waals surface area contributed by atoms with Gasteiger partial charge in [0.25, 0.3) is 0 Å². The van der Waals surface area contributed by atoms with Gasteiger partial charge in [0.1, 0.15) is 0 Å². The van der Waals surface area contributed by atoms with Crippen molar-refractivity contribution >= 4 is 11.7 Å². The Labute approximate surface area is 106 Å². The summed E-state index contributed by atoms with van der Waals surface area (Å²) in [5.74, 6) is 2.02. The highest BCUT2D eigenvalue weighted by Gasteiger charge is 2.04. The second-order valence-electron chi connectivity index (χ2n) is 3.75. The normalized spacial score (nSPS) is 9.50. The van der Waals surface area contributed by atoms with Gasteiger partial charge in [-0.25, -0.2) is 4.79 Å². The number of terminal acetylenes is 1. The number of anilines is 1. The van der Waals surface area contributed by atoms with E-state index in [1.165, 1.54) is 18.2 Å². The maximum absolute atomic E-state index is 11.4. The maximum atomic E-state index is 11.4. The van der Waals surface area contributed by atoms with E-state index in [4.69, 9.17) is 11.5 Å². The summed E-state index contributed by atoms with van der Waals surface area (Å²) in [6.45, 7) is 0.539.